The Kier molecular flexibility index (Phi) is 5.80. The van der Waals surface area contributed by atoms with Gasteiger partial charge in [-0.05, 0) is 19.1 Å². The summed E-state index contributed by atoms with van der Waals surface area (Å²) in [7, 11) is 0. The normalized spacial score (nSPS) is 11.9. The summed E-state index contributed by atoms with van der Waals surface area (Å²) in [6, 6.07) is 7.24. The molecule has 0 bridgehead atoms. The van der Waals surface area contributed by atoms with Gasteiger partial charge in [0.05, 0.1) is 11.6 Å². The van der Waals surface area contributed by atoms with Crippen LogP contribution < -0.4 is 15.8 Å². The maximum absolute atomic E-state index is 11.2. The Balaban J connectivity index is 2.37. The van der Waals surface area contributed by atoms with Gasteiger partial charge >= 0.3 is 0 Å². The Morgan fingerprint density at radius 2 is 2.24 bits per heavy atom. The molecule has 0 aliphatic rings. The van der Waals surface area contributed by atoms with E-state index in [1.807, 2.05) is 19.1 Å². The molecule has 0 fully saturated rings. The van der Waals surface area contributed by atoms with Gasteiger partial charge in [0.1, 0.15) is 11.9 Å². The Morgan fingerprint density at radius 3 is 2.88 bits per heavy atom. The molecule has 4 nitrogen and oxygen atoms in total. The van der Waals surface area contributed by atoms with E-state index >= 15 is 0 Å². The topological polar surface area (TPSA) is 64.4 Å². The van der Waals surface area contributed by atoms with Gasteiger partial charge in [-0.1, -0.05) is 23.7 Å². The van der Waals surface area contributed by atoms with Crippen LogP contribution in [0.1, 0.15) is 13.3 Å². The van der Waals surface area contributed by atoms with Crippen molar-refractivity contribution in [3.8, 4) is 5.75 Å². The van der Waals surface area contributed by atoms with Crippen LogP contribution in [0.3, 0.4) is 0 Å². The van der Waals surface area contributed by atoms with Gasteiger partial charge in [-0.25, -0.2) is 0 Å². The lowest BCUT2D eigenvalue weighted by atomic mass is 10.3. The molecule has 0 aliphatic heterocycles. The summed E-state index contributed by atoms with van der Waals surface area (Å²) in [4.78, 5) is 11.2. The smallest absolute Gasteiger partial charge is 0.221 e. The van der Waals surface area contributed by atoms with E-state index in [9.17, 15) is 4.79 Å². The summed E-state index contributed by atoms with van der Waals surface area (Å²) < 4.78 is 5.60. The van der Waals surface area contributed by atoms with Gasteiger partial charge in [0.15, 0.2) is 0 Å². The SMILES string of the molecule is CC(CNC(=O)CCN)Oc1ccccc1Cl. The number of halogens is 1. The monoisotopic (exact) mass is 256 g/mol. The first-order valence-corrected chi connectivity index (χ1v) is 5.89. The van der Waals surface area contributed by atoms with Gasteiger partial charge in [-0.2, -0.15) is 0 Å². The molecule has 1 rings (SSSR count). The largest absolute Gasteiger partial charge is 0.487 e. The zero-order valence-corrected chi connectivity index (χ0v) is 10.5. The van der Waals surface area contributed by atoms with E-state index in [0.717, 1.165) is 0 Å². The van der Waals surface area contributed by atoms with Crippen molar-refractivity contribution in [2.45, 2.75) is 19.4 Å². The highest BCUT2D eigenvalue weighted by Gasteiger charge is 2.08. The van der Waals surface area contributed by atoms with Crippen molar-refractivity contribution >= 4 is 17.5 Å². The van der Waals surface area contributed by atoms with E-state index < -0.39 is 0 Å². The average Bonchev–Trinajstić information content (AvgIpc) is 2.30. The minimum Gasteiger partial charge on any atom is -0.487 e. The fraction of sp³-hybridized carbons (Fsp3) is 0.417. The molecule has 0 saturated heterocycles. The van der Waals surface area contributed by atoms with Crippen LogP contribution in [0.4, 0.5) is 0 Å². The first-order chi connectivity index (χ1) is 8.13. The van der Waals surface area contributed by atoms with Crippen molar-refractivity contribution in [2.24, 2.45) is 5.73 Å². The highest BCUT2D eigenvalue weighted by molar-refractivity contribution is 6.32. The number of benzene rings is 1. The minimum absolute atomic E-state index is 0.0675. The fourth-order valence-corrected chi connectivity index (χ4v) is 1.46. The van der Waals surface area contributed by atoms with Gasteiger partial charge in [0.2, 0.25) is 5.91 Å². The molecule has 1 atom stereocenters. The Labute approximate surface area is 106 Å². The maximum atomic E-state index is 11.2. The van der Waals surface area contributed by atoms with Crippen LogP contribution in [0.5, 0.6) is 5.75 Å². The van der Waals surface area contributed by atoms with Gasteiger partial charge < -0.3 is 15.8 Å². The fourth-order valence-electron chi connectivity index (χ4n) is 1.28. The number of nitrogens with one attached hydrogen (secondary N) is 1. The zero-order chi connectivity index (χ0) is 12.7. The Hall–Kier alpha value is -1.26. The van der Waals surface area contributed by atoms with E-state index in [-0.39, 0.29) is 12.0 Å². The van der Waals surface area contributed by atoms with E-state index in [2.05, 4.69) is 5.32 Å². The summed E-state index contributed by atoms with van der Waals surface area (Å²) in [5, 5.41) is 3.30. The second kappa shape index (κ2) is 7.14. The third kappa shape index (κ3) is 5.06. The average molecular weight is 257 g/mol. The van der Waals surface area contributed by atoms with Crippen LogP contribution >= 0.6 is 11.6 Å². The standard InChI is InChI=1S/C12H17ClN2O2/c1-9(8-15-12(16)6-7-14)17-11-5-3-2-4-10(11)13/h2-5,9H,6-8,14H2,1H3,(H,15,16). The molecule has 0 heterocycles. The number of para-hydroxylation sites is 1. The van der Waals surface area contributed by atoms with Crippen molar-refractivity contribution in [2.75, 3.05) is 13.1 Å². The maximum Gasteiger partial charge on any atom is 0.221 e. The van der Waals surface area contributed by atoms with Gasteiger partial charge in [0, 0.05) is 13.0 Å². The van der Waals surface area contributed by atoms with Crippen molar-refractivity contribution in [1.82, 2.24) is 5.32 Å². The van der Waals surface area contributed by atoms with Crippen molar-refractivity contribution in [3.63, 3.8) is 0 Å². The molecule has 5 heteroatoms. The van der Waals surface area contributed by atoms with Crippen molar-refractivity contribution < 1.29 is 9.53 Å². The molecule has 1 aromatic carbocycles. The summed E-state index contributed by atoms with van der Waals surface area (Å²) in [6.07, 6.45) is 0.190. The van der Waals surface area contributed by atoms with E-state index in [1.54, 1.807) is 12.1 Å². The molecule has 0 aromatic heterocycles. The first-order valence-electron chi connectivity index (χ1n) is 5.51. The quantitative estimate of drug-likeness (QED) is 0.812. The second-order valence-electron chi connectivity index (χ2n) is 3.70. The van der Waals surface area contributed by atoms with Crippen molar-refractivity contribution in [1.29, 1.82) is 0 Å². The first kappa shape index (κ1) is 13.8. The Bertz CT molecular complexity index is 371. The highest BCUT2D eigenvalue weighted by atomic mass is 35.5. The highest BCUT2D eigenvalue weighted by Crippen LogP contribution is 2.23. The molecule has 3 N–H and O–H groups in total. The van der Waals surface area contributed by atoms with Crippen LogP contribution in [0.25, 0.3) is 0 Å². The Morgan fingerprint density at radius 1 is 1.53 bits per heavy atom. The number of rotatable bonds is 6. The summed E-state index contributed by atoms with van der Waals surface area (Å²) in [5.41, 5.74) is 5.27. The number of amides is 1. The van der Waals surface area contributed by atoms with E-state index in [4.69, 9.17) is 22.1 Å². The van der Waals surface area contributed by atoms with E-state index in [1.165, 1.54) is 0 Å². The molecule has 0 aliphatic carbocycles. The van der Waals surface area contributed by atoms with Crippen LogP contribution in [0.2, 0.25) is 5.02 Å². The molecule has 0 radical (unpaired) electrons. The predicted octanol–water partition coefficient (Wildman–Crippen LogP) is 1.57. The van der Waals surface area contributed by atoms with E-state index in [0.29, 0.717) is 30.3 Å². The third-order valence-electron chi connectivity index (χ3n) is 2.12. The molecule has 1 aromatic rings. The zero-order valence-electron chi connectivity index (χ0n) is 9.78. The number of nitrogens with two attached hydrogens (primary N) is 1. The third-order valence-corrected chi connectivity index (χ3v) is 2.44. The molecular formula is C12H17ClN2O2. The van der Waals surface area contributed by atoms with Crippen LogP contribution in [-0.2, 0) is 4.79 Å². The number of carbonyl (C=O) groups is 1. The summed E-state index contributed by atoms with van der Waals surface area (Å²) >= 11 is 5.95. The van der Waals surface area contributed by atoms with Crippen molar-refractivity contribution in [3.05, 3.63) is 29.3 Å². The summed E-state index contributed by atoms with van der Waals surface area (Å²) in [6.45, 7) is 2.65. The van der Waals surface area contributed by atoms with Crippen LogP contribution in [-0.4, -0.2) is 25.1 Å². The lowest BCUT2D eigenvalue weighted by molar-refractivity contribution is -0.121. The number of hydrogen-bond donors (Lipinski definition) is 2. The molecule has 94 valence electrons. The number of carbonyl (C=O) groups excluding carboxylic acids is 1. The lowest BCUT2D eigenvalue weighted by Crippen LogP contribution is -2.34. The predicted molar refractivity (Wildman–Crippen MR) is 68.2 cm³/mol. The lowest BCUT2D eigenvalue weighted by Gasteiger charge is -2.16. The second-order valence-corrected chi connectivity index (χ2v) is 4.11. The van der Waals surface area contributed by atoms with Crippen LogP contribution in [0, 0.1) is 0 Å². The number of ether oxygens (including phenoxy) is 1. The molecule has 1 unspecified atom stereocenters. The molecule has 1 amide bonds. The molecular weight excluding hydrogens is 240 g/mol. The number of hydrogen-bond acceptors (Lipinski definition) is 3. The molecule has 0 saturated carbocycles. The van der Waals surface area contributed by atoms with Gasteiger partial charge in [-0.3, -0.25) is 4.79 Å². The minimum atomic E-state index is -0.142. The summed E-state index contributed by atoms with van der Waals surface area (Å²) in [5.74, 6) is 0.553. The molecule has 17 heavy (non-hydrogen) atoms. The van der Waals surface area contributed by atoms with Crippen LogP contribution in [0.15, 0.2) is 24.3 Å². The van der Waals surface area contributed by atoms with Gasteiger partial charge in [-0.15, -0.1) is 0 Å². The van der Waals surface area contributed by atoms with Gasteiger partial charge in [0.25, 0.3) is 0 Å². The molecule has 0 spiro atoms.